The van der Waals surface area contributed by atoms with Gasteiger partial charge in [-0.1, -0.05) is 17.7 Å². The topological polar surface area (TPSA) is 72.5 Å². The molecule has 28 heavy (non-hydrogen) atoms. The number of aryl methyl sites for hydroxylation is 2. The molecule has 1 heterocycles. The van der Waals surface area contributed by atoms with Crippen molar-refractivity contribution >= 4 is 28.8 Å². The van der Waals surface area contributed by atoms with E-state index in [4.69, 9.17) is 4.74 Å². The first-order valence-corrected chi connectivity index (χ1v) is 10.2. The Morgan fingerprint density at radius 1 is 1.04 bits per heavy atom. The highest BCUT2D eigenvalue weighted by Gasteiger charge is 2.16. The molecule has 1 atom stereocenters. The second-order valence-corrected chi connectivity index (χ2v) is 8.19. The molecule has 6 heteroatoms. The smallest absolute Gasteiger partial charge is 0.220 e. The Hall–Kier alpha value is -2.47. The summed E-state index contributed by atoms with van der Waals surface area (Å²) >= 11 is 1.44. The lowest BCUT2D eigenvalue weighted by molar-refractivity contribution is -0.125. The first kappa shape index (κ1) is 21.8. The molecule has 1 aromatic carbocycles. The molecule has 150 valence electrons. The molecule has 0 aliphatic heterocycles. The number of ketones is 2. The molecule has 0 fully saturated rings. The third-order valence-corrected chi connectivity index (χ3v) is 5.55. The fourth-order valence-corrected chi connectivity index (χ4v) is 3.76. The van der Waals surface area contributed by atoms with E-state index < -0.39 is 0 Å². The van der Waals surface area contributed by atoms with Gasteiger partial charge in [-0.3, -0.25) is 14.4 Å². The van der Waals surface area contributed by atoms with E-state index in [-0.39, 0.29) is 49.2 Å². The third-order valence-electron chi connectivity index (χ3n) is 4.51. The van der Waals surface area contributed by atoms with Gasteiger partial charge in [-0.05, 0) is 39.0 Å². The lowest BCUT2D eigenvalue weighted by atomic mass is 10.0. The largest absolute Gasteiger partial charge is 0.496 e. The predicted molar refractivity (Wildman–Crippen MR) is 111 cm³/mol. The van der Waals surface area contributed by atoms with Crippen molar-refractivity contribution < 1.29 is 19.1 Å². The zero-order chi connectivity index (χ0) is 20.7. The van der Waals surface area contributed by atoms with E-state index in [9.17, 15) is 14.4 Å². The van der Waals surface area contributed by atoms with Crippen molar-refractivity contribution in [1.29, 1.82) is 0 Å². The third kappa shape index (κ3) is 6.30. The highest BCUT2D eigenvalue weighted by Crippen LogP contribution is 2.26. The molecule has 1 amide bonds. The van der Waals surface area contributed by atoms with Gasteiger partial charge in [0.2, 0.25) is 5.91 Å². The second kappa shape index (κ2) is 10.2. The maximum atomic E-state index is 12.2. The Balaban J connectivity index is 1.78. The quantitative estimate of drug-likeness (QED) is 0.592. The van der Waals surface area contributed by atoms with Crippen LogP contribution in [-0.2, 0) is 9.59 Å². The summed E-state index contributed by atoms with van der Waals surface area (Å²) in [6.07, 6.45) is 0.617. The zero-order valence-corrected chi connectivity index (χ0v) is 17.7. The van der Waals surface area contributed by atoms with Crippen LogP contribution in [0.1, 0.15) is 64.3 Å². The minimum Gasteiger partial charge on any atom is -0.496 e. The molecule has 0 aliphatic carbocycles. The molecule has 1 aromatic heterocycles. The summed E-state index contributed by atoms with van der Waals surface area (Å²) < 4.78 is 5.36. The first-order chi connectivity index (χ1) is 13.3. The number of methoxy groups -OCH3 is 1. The van der Waals surface area contributed by atoms with E-state index in [1.54, 1.807) is 13.2 Å². The first-order valence-electron chi connectivity index (χ1n) is 9.35. The van der Waals surface area contributed by atoms with Crippen molar-refractivity contribution in [2.45, 2.75) is 52.5 Å². The number of hydrogen-bond donors (Lipinski definition) is 1. The van der Waals surface area contributed by atoms with Crippen molar-refractivity contribution in [2.24, 2.45) is 0 Å². The fraction of sp³-hybridized carbons (Fsp3) is 0.409. The normalized spacial score (nSPS) is 11.7. The van der Waals surface area contributed by atoms with Gasteiger partial charge in [0.15, 0.2) is 5.78 Å². The predicted octanol–water partition coefficient (Wildman–Crippen LogP) is 4.56. The molecule has 1 unspecified atom stereocenters. The molecule has 0 saturated heterocycles. The van der Waals surface area contributed by atoms with Gasteiger partial charge >= 0.3 is 0 Å². The lowest BCUT2D eigenvalue weighted by Crippen LogP contribution is -2.27. The Labute approximate surface area is 170 Å². The number of Topliss-reactive ketones (excluding diaryl/α,β-unsaturated/α-hetero) is 2. The van der Waals surface area contributed by atoms with Crippen LogP contribution in [0.15, 0.2) is 30.3 Å². The van der Waals surface area contributed by atoms with Gasteiger partial charge in [0.25, 0.3) is 0 Å². The van der Waals surface area contributed by atoms with Crippen LogP contribution in [0.4, 0.5) is 0 Å². The Morgan fingerprint density at radius 2 is 1.75 bits per heavy atom. The number of hydrogen-bond acceptors (Lipinski definition) is 5. The van der Waals surface area contributed by atoms with Crippen LogP contribution in [0.5, 0.6) is 5.75 Å². The molecule has 5 nitrogen and oxygen atoms in total. The van der Waals surface area contributed by atoms with E-state index in [0.717, 1.165) is 21.8 Å². The summed E-state index contributed by atoms with van der Waals surface area (Å²) in [6, 6.07) is 9.28. The summed E-state index contributed by atoms with van der Waals surface area (Å²) in [6.45, 7) is 5.81. The summed E-state index contributed by atoms with van der Waals surface area (Å²) in [5, 5.41) is 2.91. The van der Waals surface area contributed by atoms with E-state index in [2.05, 4.69) is 5.32 Å². The number of nitrogens with one attached hydrogen (secondary N) is 1. The number of carbonyl (C=O) groups is 3. The van der Waals surface area contributed by atoms with Crippen LogP contribution >= 0.6 is 11.3 Å². The van der Waals surface area contributed by atoms with E-state index in [1.165, 1.54) is 11.3 Å². The van der Waals surface area contributed by atoms with Gasteiger partial charge < -0.3 is 10.1 Å². The fourth-order valence-electron chi connectivity index (χ4n) is 2.92. The molecule has 0 radical (unpaired) electrons. The van der Waals surface area contributed by atoms with Crippen LogP contribution in [0.2, 0.25) is 0 Å². The Kier molecular flexibility index (Phi) is 7.93. The number of ether oxygens (including phenoxy) is 1. The molecular weight excluding hydrogens is 374 g/mol. The summed E-state index contributed by atoms with van der Waals surface area (Å²) in [5.41, 5.74) is 1.98. The SMILES string of the molecule is COc1ccc(C)cc1C(C)NC(=O)CCC(=O)CCC(=O)c1ccc(C)s1. The van der Waals surface area contributed by atoms with Crippen molar-refractivity contribution in [3.05, 3.63) is 51.2 Å². The second-order valence-electron chi connectivity index (χ2n) is 6.91. The zero-order valence-electron chi connectivity index (χ0n) is 16.8. The van der Waals surface area contributed by atoms with Crippen LogP contribution in [0, 0.1) is 13.8 Å². The standard InChI is InChI=1S/C22H27NO4S/c1-14-5-10-20(27-4)18(13-14)16(3)23-22(26)12-8-17(24)7-9-19(25)21-11-6-15(2)28-21/h5-6,10-11,13,16H,7-9,12H2,1-4H3,(H,23,26). The van der Waals surface area contributed by atoms with Gasteiger partial charge in [-0.15, -0.1) is 11.3 Å². The molecule has 1 N–H and O–H groups in total. The molecular formula is C22H27NO4S. The minimum absolute atomic E-state index is 0.0175. The van der Waals surface area contributed by atoms with Gasteiger partial charge in [-0.25, -0.2) is 0 Å². The number of amides is 1. The van der Waals surface area contributed by atoms with Crippen molar-refractivity contribution in [3.8, 4) is 5.75 Å². The molecule has 2 aromatic rings. The monoisotopic (exact) mass is 401 g/mol. The maximum absolute atomic E-state index is 12.2. The Bertz CT molecular complexity index is 856. The summed E-state index contributed by atoms with van der Waals surface area (Å²) in [5.74, 6) is 0.440. The number of benzene rings is 1. The molecule has 2 rings (SSSR count). The van der Waals surface area contributed by atoms with E-state index in [0.29, 0.717) is 4.88 Å². The molecule has 0 bridgehead atoms. The number of carbonyl (C=O) groups excluding carboxylic acids is 3. The van der Waals surface area contributed by atoms with Crippen molar-refractivity contribution in [2.75, 3.05) is 7.11 Å². The van der Waals surface area contributed by atoms with Crippen LogP contribution < -0.4 is 10.1 Å². The highest BCUT2D eigenvalue weighted by molar-refractivity contribution is 7.14. The molecule has 0 saturated carbocycles. The molecule has 0 aliphatic rings. The van der Waals surface area contributed by atoms with Crippen LogP contribution in [0.3, 0.4) is 0 Å². The van der Waals surface area contributed by atoms with Gasteiger partial charge in [0.05, 0.1) is 18.0 Å². The molecule has 0 spiro atoms. The van der Waals surface area contributed by atoms with E-state index in [1.807, 2.05) is 45.0 Å². The van der Waals surface area contributed by atoms with E-state index >= 15 is 0 Å². The lowest BCUT2D eigenvalue weighted by Gasteiger charge is -2.18. The minimum atomic E-state index is -0.221. The maximum Gasteiger partial charge on any atom is 0.220 e. The van der Waals surface area contributed by atoms with Crippen LogP contribution in [0.25, 0.3) is 0 Å². The average molecular weight is 402 g/mol. The summed E-state index contributed by atoms with van der Waals surface area (Å²) in [7, 11) is 1.60. The van der Waals surface area contributed by atoms with Gasteiger partial charge in [0.1, 0.15) is 11.5 Å². The van der Waals surface area contributed by atoms with Crippen LogP contribution in [-0.4, -0.2) is 24.6 Å². The number of rotatable bonds is 10. The summed E-state index contributed by atoms with van der Waals surface area (Å²) in [4.78, 5) is 38.1. The van der Waals surface area contributed by atoms with Gasteiger partial charge in [0, 0.05) is 36.1 Å². The van der Waals surface area contributed by atoms with Crippen molar-refractivity contribution in [3.63, 3.8) is 0 Å². The van der Waals surface area contributed by atoms with Gasteiger partial charge in [-0.2, -0.15) is 0 Å². The average Bonchev–Trinajstić information content (AvgIpc) is 3.10. The van der Waals surface area contributed by atoms with Crippen molar-refractivity contribution in [1.82, 2.24) is 5.32 Å². The highest BCUT2D eigenvalue weighted by atomic mass is 32.1. The Morgan fingerprint density at radius 3 is 2.39 bits per heavy atom. The number of thiophene rings is 1.